The van der Waals surface area contributed by atoms with Crippen molar-refractivity contribution in [2.45, 2.75) is 19.9 Å². The molecular weight excluding hydrogens is 176 g/mol. The molecule has 1 aliphatic heterocycles. The SMILES string of the molecule is Cc1cccc2c1NCC(C)NC2=O. The van der Waals surface area contributed by atoms with Gasteiger partial charge < -0.3 is 10.6 Å². The number of aryl methyl sites for hydroxylation is 1. The monoisotopic (exact) mass is 190 g/mol. The Labute approximate surface area is 83.5 Å². The van der Waals surface area contributed by atoms with Gasteiger partial charge in [-0.25, -0.2) is 0 Å². The van der Waals surface area contributed by atoms with E-state index >= 15 is 0 Å². The summed E-state index contributed by atoms with van der Waals surface area (Å²) in [6, 6.07) is 5.94. The summed E-state index contributed by atoms with van der Waals surface area (Å²) in [6.07, 6.45) is 0. The molecule has 1 amide bonds. The van der Waals surface area contributed by atoms with E-state index in [-0.39, 0.29) is 11.9 Å². The van der Waals surface area contributed by atoms with Gasteiger partial charge in [0, 0.05) is 18.3 Å². The number of anilines is 1. The second-order valence-corrected chi connectivity index (χ2v) is 3.75. The van der Waals surface area contributed by atoms with Crippen molar-refractivity contribution < 1.29 is 4.79 Å². The van der Waals surface area contributed by atoms with Gasteiger partial charge in [-0.05, 0) is 25.5 Å². The molecule has 14 heavy (non-hydrogen) atoms. The van der Waals surface area contributed by atoms with E-state index in [0.717, 1.165) is 23.4 Å². The summed E-state index contributed by atoms with van der Waals surface area (Å²) in [4.78, 5) is 11.7. The Morgan fingerprint density at radius 2 is 2.21 bits per heavy atom. The Balaban J connectivity index is 2.48. The molecule has 3 heteroatoms. The van der Waals surface area contributed by atoms with Crippen LogP contribution in [0.3, 0.4) is 0 Å². The van der Waals surface area contributed by atoms with Crippen molar-refractivity contribution in [2.24, 2.45) is 0 Å². The summed E-state index contributed by atoms with van der Waals surface area (Å²) >= 11 is 0. The van der Waals surface area contributed by atoms with Crippen molar-refractivity contribution in [1.82, 2.24) is 5.32 Å². The van der Waals surface area contributed by atoms with Crippen LogP contribution in [0.25, 0.3) is 0 Å². The second-order valence-electron chi connectivity index (χ2n) is 3.75. The Morgan fingerprint density at radius 3 is 3.00 bits per heavy atom. The molecule has 0 fully saturated rings. The van der Waals surface area contributed by atoms with Crippen LogP contribution in [0.1, 0.15) is 22.8 Å². The predicted octanol–water partition coefficient (Wildman–Crippen LogP) is 1.54. The number of rotatable bonds is 0. The number of benzene rings is 1. The van der Waals surface area contributed by atoms with Crippen molar-refractivity contribution in [2.75, 3.05) is 11.9 Å². The van der Waals surface area contributed by atoms with Crippen LogP contribution >= 0.6 is 0 Å². The molecule has 1 aliphatic rings. The molecule has 1 unspecified atom stereocenters. The van der Waals surface area contributed by atoms with Gasteiger partial charge in [-0.2, -0.15) is 0 Å². The summed E-state index contributed by atoms with van der Waals surface area (Å²) in [5.74, 6) is 0.0150. The summed E-state index contributed by atoms with van der Waals surface area (Å²) in [5, 5.41) is 6.21. The fraction of sp³-hybridized carbons (Fsp3) is 0.364. The second kappa shape index (κ2) is 3.33. The Morgan fingerprint density at radius 1 is 1.43 bits per heavy atom. The molecular formula is C11H14N2O. The van der Waals surface area contributed by atoms with Crippen LogP contribution in [0.15, 0.2) is 18.2 Å². The highest BCUT2D eigenvalue weighted by atomic mass is 16.1. The molecule has 3 nitrogen and oxygen atoms in total. The topological polar surface area (TPSA) is 41.1 Å². The maximum absolute atomic E-state index is 11.7. The summed E-state index contributed by atoms with van der Waals surface area (Å²) in [5.41, 5.74) is 2.83. The van der Waals surface area contributed by atoms with Gasteiger partial charge >= 0.3 is 0 Å². The van der Waals surface area contributed by atoms with Crippen LogP contribution < -0.4 is 10.6 Å². The van der Waals surface area contributed by atoms with Crippen LogP contribution in [0.2, 0.25) is 0 Å². The Bertz CT molecular complexity index is 374. The van der Waals surface area contributed by atoms with Crippen molar-refractivity contribution in [1.29, 1.82) is 0 Å². The number of nitrogens with one attached hydrogen (secondary N) is 2. The van der Waals surface area contributed by atoms with Crippen LogP contribution in [-0.4, -0.2) is 18.5 Å². The van der Waals surface area contributed by atoms with Crippen LogP contribution in [0, 0.1) is 6.92 Å². The summed E-state index contributed by atoms with van der Waals surface area (Å²) in [7, 11) is 0. The average molecular weight is 190 g/mol. The van der Waals surface area contributed by atoms with E-state index in [0.29, 0.717) is 0 Å². The minimum atomic E-state index is 0.0150. The first-order chi connectivity index (χ1) is 6.68. The van der Waals surface area contributed by atoms with Crippen LogP contribution in [0.5, 0.6) is 0 Å². The molecule has 0 radical (unpaired) electrons. The number of para-hydroxylation sites is 1. The molecule has 0 aliphatic carbocycles. The fourth-order valence-corrected chi connectivity index (χ4v) is 1.70. The Kier molecular flexibility index (Phi) is 2.15. The molecule has 0 aromatic heterocycles. The summed E-state index contributed by atoms with van der Waals surface area (Å²) < 4.78 is 0. The maximum atomic E-state index is 11.7. The fourth-order valence-electron chi connectivity index (χ4n) is 1.70. The van der Waals surface area contributed by atoms with Gasteiger partial charge in [0.05, 0.1) is 5.56 Å². The minimum Gasteiger partial charge on any atom is -0.382 e. The smallest absolute Gasteiger partial charge is 0.253 e. The molecule has 74 valence electrons. The van der Waals surface area contributed by atoms with E-state index in [9.17, 15) is 4.79 Å². The van der Waals surface area contributed by atoms with E-state index in [1.807, 2.05) is 32.0 Å². The first-order valence-electron chi connectivity index (χ1n) is 4.83. The first kappa shape index (κ1) is 9.06. The molecule has 1 aromatic rings. The zero-order valence-corrected chi connectivity index (χ0v) is 8.42. The van der Waals surface area contributed by atoms with Crippen LogP contribution in [-0.2, 0) is 0 Å². The highest BCUT2D eigenvalue weighted by molar-refractivity contribution is 6.01. The van der Waals surface area contributed by atoms with Crippen molar-refractivity contribution in [3.8, 4) is 0 Å². The number of hydrogen-bond acceptors (Lipinski definition) is 2. The maximum Gasteiger partial charge on any atom is 0.253 e. The van der Waals surface area contributed by atoms with Gasteiger partial charge in [-0.3, -0.25) is 4.79 Å². The quantitative estimate of drug-likeness (QED) is 0.651. The lowest BCUT2D eigenvalue weighted by atomic mass is 10.1. The van der Waals surface area contributed by atoms with Gasteiger partial charge in [0.25, 0.3) is 5.91 Å². The largest absolute Gasteiger partial charge is 0.382 e. The lowest BCUT2D eigenvalue weighted by molar-refractivity contribution is 0.0945. The van der Waals surface area contributed by atoms with Gasteiger partial charge in [0.2, 0.25) is 0 Å². The third-order valence-electron chi connectivity index (χ3n) is 2.48. The van der Waals surface area contributed by atoms with E-state index in [4.69, 9.17) is 0 Å². The lowest BCUT2D eigenvalue weighted by Gasteiger charge is -2.09. The number of carbonyl (C=O) groups is 1. The highest BCUT2D eigenvalue weighted by Gasteiger charge is 2.18. The molecule has 2 N–H and O–H groups in total. The minimum absolute atomic E-state index is 0.0150. The van der Waals surface area contributed by atoms with E-state index in [1.54, 1.807) is 0 Å². The predicted molar refractivity (Wildman–Crippen MR) is 56.6 cm³/mol. The van der Waals surface area contributed by atoms with Gasteiger partial charge in [-0.1, -0.05) is 12.1 Å². The molecule has 0 bridgehead atoms. The van der Waals surface area contributed by atoms with E-state index < -0.39 is 0 Å². The zero-order chi connectivity index (χ0) is 10.1. The molecule has 1 aromatic carbocycles. The third kappa shape index (κ3) is 1.45. The number of fused-ring (bicyclic) bond motifs is 1. The van der Waals surface area contributed by atoms with Crippen molar-refractivity contribution in [3.63, 3.8) is 0 Å². The van der Waals surface area contributed by atoms with Crippen LogP contribution in [0.4, 0.5) is 5.69 Å². The van der Waals surface area contributed by atoms with E-state index in [1.165, 1.54) is 0 Å². The molecule has 1 atom stereocenters. The molecule has 0 saturated heterocycles. The Hall–Kier alpha value is -1.51. The highest BCUT2D eigenvalue weighted by Crippen LogP contribution is 2.22. The van der Waals surface area contributed by atoms with Gasteiger partial charge in [-0.15, -0.1) is 0 Å². The molecule has 0 saturated carbocycles. The molecule has 0 spiro atoms. The van der Waals surface area contributed by atoms with Crippen molar-refractivity contribution >= 4 is 11.6 Å². The number of carbonyl (C=O) groups excluding carboxylic acids is 1. The zero-order valence-electron chi connectivity index (χ0n) is 8.42. The van der Waals surface area contributed by atoms with Gasteiger partial charge in [0.1, 0.15) is 0 Å². The average Bonchev–Trinajstić information content (AvgIpc) is 2.28. The molecule has 1 heterocycles. The van der Waals surface area contributed by atoms with Crippen molar-refractivity contribution in [3.05, 3.63) is 29.3 Å². The summed E-state index contributed by atoms with van der Waals surface area (Å²) in [6.45, 7) is 4.78. The number of amides is 1. The first-order valence-corrected chi connectivity index (χ1v) is 4.83. The van der Waals surface area contributed by atoms with E-state index in [2.05, 4.69) is 10.6 Å². The molecule has 2 rings (SSSR count). The third-order valence-corrected chi connectivity index (χ3v) is 2.48. The van der Waals surface area contributed by atoms with Gasteiger partial charge in [0.15, 0.2) is 0 Å². The lowest BCUT2D eigenvalue weighted by Crippen LogP contribution is -2.34. The number of hydrogen-bond donors (Lipinski definition) is 2. The standard InChI is InChI=1S/C11H14N2O/c1-7-4-3-5-9-10(7)12-6-8(2)13-11(9)14/h3-5,8,12H,6H2,1-2H3,(H,13,14). The normalized spacial score (nSPS) is 20.4.